The average molecular weight is 338 g/mol. The Morgan fingerprint density at radius 2 is 1.83 bits per heavy atom. The van der Waals surface area contributed by atoms with Gasteiger partial charge in [-0.3, -0.25) is 0 Å². The molecule has 118 valence electrons. The average Bonchev–Trinajstić information content (AvgIpc) is 2.56. The van der Waals surface area contributed by atoms with Gasteiger partial charge in [-0.25, -0.2) is 9.37 Å². The number of halogens is 2. The smallest absolute Gasteiger partial charge is 0.142 e. The fourth-order valence-electron chi connectivity index (χ4n) is 2.73. The van der Waals surface area contributed by atoms with Gasteiger partial charge >= 0.3 is 0 Å². The van der Waals surface area contributed by atoms with Crippen molar-refractivity contribution in [3.8, 4) is 28.5 Å². The summed E-state index contributed by atoms with van der Waals surface area (Å²) < 4.78 is 13.6. The minimum absolute atomic E-state index is 0.109. The minimum Gasteiger partial charge on any atom is -0.383 e. The predicted octanol–water partition coefficient (Wildman–Crippen LogP) is 4.97. The molecule has 0 atom stereocenters. The van der Waals surface area contributed by atoms with Crippen molar-refractivity contribution in [2.24, 2.45) is 0 Å². The van der Waals surface area contributed by atoms with Gasteiger partial charge < -0.3 is 5.73 Å². The van der Waals surface area contributed by atoms with E-state index in [0.29, 0.717) is 21.8 Å². The first-order chi connectivity index (χ1) is 11.5. The van der Waals surface area contributed by atoms with Gasteiger partial charge in [-0.1, -0.05) is 35.9 Å². The van der Waals surface area contributed by atoms with Gasteiger partial charge in [0.2, 0.25) is 0 Å². The van der Waals surface area contributed by atoms with Crippen molar-refractivity contribution in [2.75, 3.05) is 5.73 Å². The van der Waals surface area contributed by atoms with Gasteiger partial charge in [-0.05, 0) is 42.3 Å². The number of nitriles is 1. The highest BCUT2D eigenvalue weighted by Crippen LogP contribution is 2.36. The van der Waals surface area contributed by atoms with Crippen molar-refractivity contribution < 1.29 is 4.39 Å². The maximum absolute atomic E-state index is 13.6. The highest BCUT2D eigenvalue weighted by molar-refractivity contribution is 6.30. The summed E-state index contributed by atoms with van der Waals surface area (Å²) >= 11 is 6.06. The van der Waals surface area contributed by atoms with Crippen LogP contribution in [0.15, 0.2) is 48.5 Å². The molecule has 0 saturated carbocycles. The van der Waals surface area contributed by atoms with Crippen LogP contribution in [0.2, 0.25) is 5.02 Å². The second kappa shape index (κ2) is 6.31. The first kappa shape index (κ1) is 16.0. The molecule has 0 radical (unpaired) electrons. The van der Waals surface area contributed by atoms with Crippen LogP contribution >= 0.6 is 11.6 Å². The Morgan fingerprint density at radius 1 is 1.12 bits per heavy atom. The molecule has 0 aliphatic carbocycles. The number of anilines is 1. The van der Waals surface area contributed by atoms with Crippen LogP contribution in [0.5, 0.6) is 0 Å². The molecule has 0 aliphatic rings. The van der Waals surface area contributed by atoms with E-state index in [0.717, 1.165) is 11.1 Å². The van der Waals surface area contributed by atoms with E-state index < -0.39 is 0 Å². The van der Waals surface area contributed by atoms with Gasteiger partial charge in [0.15, 0.2) is 0 Å². The summed E-state index contributed by atoms with van der Waals surface area (Å²) in [5.41, 5.74) is 9.55. The van der Waals surface area contributed by atoms with E-state index in [1.165, 1.54) is 12.1 Å². The Morgan fingerprint density at radius 3 is 2.50 bits per heavy atom. The zero-order valence-electron chi connectivity index (χ0n) is 12.8. The van der Waals surface area contributed by atoms with Crippen LogP contribution in [0.25, 0.3) is 22.4 Å². The van der Waals surface area contributed by atoms with Gasteiger partial charge in [0.25, 0.3) is 0 Å². The lowest BCUT2D eigenvalue weighted by Crippen LogP contribution is -2.03. The van der Waals surface area contributed by atoms with Crippen LogP contribution in [0.4, 0.5) is 10.2 Å². The number of hydrogen-bond acceptors (Lipinski definition) is 3. The molecule has 1 heterocycles. The molecule has 3 nitrogen and oxygen atoms in total. The van der Waals surface area contributed by atoms with E-state index in [2.05, 4.69) is 11.1 Å². The van der Waals surface area contributed by atoms with E-state index >= 15 is 0 Å². The molecule has 1 aromatic heterocycles. The van der Waals surface area contributed by atoms with Crippen molar-refractivity contribution in [2.45, 2.75) is 6.92 Å². The van der Waals surface area contributed by atoms with Crippen molar-refractivity contribution in [3.05, 3.63) is 70.5 Å². The summed E-state index contributed by atoms with van der Waals surface area (Å²) in [5, 5.41) is 10.0. The number of nitrogens with zero attached hydrogens (tertiary/aromatic N) is 2. The molecule has 5 heteroatoms. The Bertz CT molecular complexity index is 977. The maximum atomic E-state index is 13.6. The van der Waals surface area contributed by atoms with E-state index in [4.69, 9.17) is 17.3 Å². The van der Waals surface area contributed by atoms with Gasteiger partial charge in [-0.2, -0.15) is 5.26 Å². The minimum atomic E-state index is -0.379. The van der Waals surface area contributed by atoms with Gasteiger partial charge in [0, 0.05) is 16.1 Å². The van der Waals surface area contributed by atoms with E-state index in [9.17, 15) is 9.65 Å². The number of nitrogen functional groups attached to an aromatic ring is 1. The number of benzene rings is 2. The number of rotatable bonds is 2. The number of hydrogen-bond donors (Lipinski definition) is 1. The highest BCUT2D eigenvalue weighted by Gasteiger charge is 2.18. The Labute approximate surface area is 144 Å². The fourth-order valence-corrected chi connectivity index (χ4v) is 2.92. The van der Waals surface area contributed by atoms with Crippen molar-refractivity contribution in [1.29, 1.82) is 5.26 Å². The number of nitrogens with two attached hydrogens (primary N) is 1. The lowest BCUT2D eigenvalue weighted by atomic mass is 9.93. The SMILES string of the molecule is Cc1c(-c2cccc(Cl)c2)nc(N)c(C#N)c1-c1cccc(F)c1. The lowest BCUT2D eigenvalue weighted by Gasteiger charge is -2.15. The highest BCUT2D eigenvalue weighted by atomic mass is 35.5. The van der Waals surface area contributed by atoms with Gasteiger partial charge in [-0.15, -0.1) is 0 Å². The molecule has 3 aromatic rings. The summed E-state index contributed by atoms with van der Waals surface area (Å²) in [4.78, 5) is 4.37. The van der Waals surface area contributed by atoms with Crippen LogP contribution in [-0.4, -0.2) is 4.98 Å². The summed E-state index contributed by atoms with van der Waals surface area (Å²) in [6.45, 7) is 1.84. The Hall–Kier alpha value is -2.90. The van der Waals surface area contributed by atoms with Crippen LogP contribution in [0.3, 0.4) is 0 Å². The normalized spacial score (nSPS) is 10.4. The van der Waals surface area contributed by atoms with Crippen LogP contribution in [-0.2, 0) is 0 Å². The molecule has 0 unspecified atom stereocenters. The first-order valence-corrected chi connectivity index (χ1v) is 7.61. The monoisotopic (exact) mass is 337 g/mol. The second-order valence-electron chi connectivity index (χ2n) is 5.35. The van der Waals surface area contributed by atoms with Gasteiger partial charge in [0.05, 0.1) is 5.69 Å². The summed E-state index contributed by atoms with van der Waals surface area (Å²) in [6.07, 6.45) is 0. The molecule has 0 fully saturated rings. The third kappa shape index (κ3) is 2.82. The summed E-state index contributed by atoms with van der Waals surface area (Å²) in [6, 6.07) is 15.4. The first-order valence-electron chi connectivity index (χ1n) is 7.23. The van der Waals surface area contributed by atoms with Crippen molar-refractivity contribution in [3.63, 3.8) is 0 Å². The zero-order chi connectivity index (χ0) is 17.3. The van der Waals surface area contributed by atoms with E-state index in [1.807, 2.05) is 19.1 Å². The lowest BCUT2D eigenvalue weighted by molar-refractivity contribution is 0.628. The predicted molar refractivity (Wildman–Crippen MR) is 93.9 cm³/mol. The van der Waals surface area contributed by atoms with Crippen molar-refractivity contribution in [1.82, 2.24) is 4.98 Å². The quantitative estimate of drug-likeness (QED) is 0.718. The Kier molecular flexibility index (Phi) is 4.20. The molecular weight excluding hydrogens is 325 g/mol. The molecule has 0 bridgehead atoms. The summed E-state index contributed by atoms with van der Waals surface area (Å²) in [5.74, 6) is -0.271. The molecule has 2 aromatic carbocycles. The molecule has 3 rings (SSSR count). The summed E-state index contributed by atoms with van der Waals surface area (Å²) in [7, 11) is 0. The standard InChI is InChI=1S/C19H13ClFN3/c1-11-17(12-4-3-7-15(21)9-12)16(10-22)19(23)24-18(11)13-5-2-6-14(20)8-13/h2-9H,1H3,(H2,23,24). The third-order valence-electron chi connectivity index (χ3n) is 3.79. The molecule has 0 saturated heterocycles. The fraction of sp³-hybridized carbons (Fsp3) is 0.0526. The molecule has 2 N–H and O–H groups in total. The van der Waals surface area contributed by atoms with E-state index in [1.54, 1.807) is 24.3 Å². The van der Waals surface area contributed by atoms with Crippen LogP contribution in [0, 0.1) is 24.1 Å². The third-order valence-corrected chi connectivity index (χ3v) is 4.03. The molecular formula is C19H13ClFN3. The maximum Gasteiger partial charge on any atom is 0.142 e. The molecule has 24 heavy (non-hydrogen) atoms. The van der Waals surface area contributed by atoms with Gasteiger partial charge in [0.1, 0.15) is 23.3 Å². The second-order valence-corrected chi connectivity index (χ2v) is 5.79. The zero-order valence-corrected chi connectivity index (χ0v) is 13.6. The van der Waals surface area contributed by atoms with Crippen LogP contribution in [0.1, 0.15) is 11.1 Å². The molecule has 0 spiro atoms. The topological polar surface area (TPSA) is 62.7 Å². The Balaban J connectivity index is 2.34. The van der Waals surface area contributed by atoms with Crippen LogP contribution < -0.4 is 5.73 Å². The molecule has 0 aliphatic heterocycles. The molecule has 0 amide bonds. The largest absolute Gasteiger partial charge is 0.383 e. The number of pyridine rings is 1. The van der Waals surface area contributed by atoms with E-state index in [-0.39, 0.29) is 17.2 Å². The number of aromatic nitrogens is 1. The van der Waals surface area contributed by atoms with Crippen molar-refractivity contribution >= 4 is 17.4 Å².